The zero-order valence-electron chi connectivity index (χ0n) is 29.5. The Morgan fingerprint density at radius 2 is 0.778 bits per heavy atom. The molecule has 0 radical (unpaired) electrons. The topological polar surface area (TPSA) is 7.65 Å². The van der Waals surface area contributed by atoms with E-state index >= 15 is 0 Å². The number of hydrogen-bond donors (Lipinski definition) is 0. The summed E-state index contributed by atoms with van der Waals surface area (Å²) in [6, 6.07) is 75.1. The highest BCUT2D eigenvalue weighted by molar-refractivity contribution is 6.23. The lowest BCUT2D eigenvalue weighted by Gasteiger charge is -2.28. The van der Waals surface area contributed by atoms with Gasteiger partial charge in [-0.25, -0.2) is 0 Å². The molecule has 2 aromatic heterocycles. The van der Waals surface area contributed by atoms with Gasteiger partial charge in [-0.1, -0.05) is 164 Å². The minimum atomic E-state index is 1.11. The Morgan fingerprint density at radius 3 is 1.41 bits per heavy atom. The second-order valence-corrected chi connectivity index (χ2v) is 14.1. The quantitative estimate of drug-likeness (QED) is 0.169. The van der Waals surface area contributed by atoms with Crippen LogP contribution in [0.25, 0.3) is 82.2 Å². The monoisotopic (exact) mass is 686 g/mol. The molecule has 54 heavy (non-hydrogen) atoms. The Hall–Kier alpha value is -7.16. The molecule has 0 aliphatic rings. The van der Waals surface area contributed by atoms with E-state index in [0.717, 1.165) is 17.1 Å². The molecule has 11 aromatic rings. The second kappa shape index (κ2) is 12.2. The van der Waals surface area contributed by atoms with Crippen molar-refractivity contribution in [3.05, 3.63) is 206 Å². The van der Waals surface area contributed by atoms with Crippen LogP contribution in [0, 0.1) is 0 Å². The third-order valence-corrected chi connectivity index (χ3v) is 11.1. The maximum atomic E-state index is 2.47. The fourth-order valence-corrected chi connectivity index (χ4v) is 8.62. The van der Waals surface area contributed by atoms with Gasteiger partial charge in [0.15, 0.2) is 0 Å². The molecule has 0 N–H and O–H groups in total. The van der Waals surface area contributed by atoms with Gasteiger partial charge in [0.2, 0.25) is 0 Å². The van der Waals surface area contributed by atoms with Crippen molar-refractivity contribution >= 4 is 65.9 Å². The second-order valence-electron chi connectivity index (χ2n) is 14.1. The predicted molar refractivity (Wildman–Crippen MR) is 230 cm³/mol. The van der Waals surface area contributed by atoms with Gasteiger partial charge in [0.05, 0.1) is 22.2 Å². The molecule has 0 fully saturated rings. The summed E-state index contributed by atoms with van der Waals surface area (Å²) in [6.45, 7) is 0. The van der Waals surface area contributed by atoms with Gasteiger partial charge in [-0.05, 0) is 81.2 Å². The average Bonchev–Trinajstić information content (AvgIpc) is 3.77. The zero-order chi connectivity index (χ0) is 35.6. The first-order valence-corrected chi connectivity index (χ1v) is 18.6. The van der Waals surface area contributed by atoms with Gasteiger partial charge in [-0.15, -0.1) is 0 Å². The van der Waals surface area contributed by atoms with Gasteiger partial charge in [0, 0.05) is 38.3 Å². The molecule has 0 aliphatic carbocycles. The lowest BCUT2D eigenvalue weighted by Crippen LogP contribution is -2.10. The van der Waals surface area contributed by atoms with E-state index in [4.69, 9.17) is 0 Å². The van der Waals surface area contributed by atoms with Crippen LogP contribution in [-0.2, 0) is 0 Å². The first-order valence-electron chi connectivity index (χ1n) is 18.6. The molecule has 2 heterocycles. The number of benzene rings is 9. The number of nitrogens with zero attached hydrogens (tertiary/aromatic N) is 2. The Labute approximate surface area is 313 Å². The number of aromatic nitrogens is 1. The van der Waals surface area contributed by atoms with Crippen LogP contribution in [0.4, 0.5) is 17.1 Å². The molecule has 0 unspecified atom stereocenters. The van der Waals surface area contributed by atoms with Gasteiger partial charge >= 0.3 is 0 Å². The number of anilines is 3. The Kier molecular flexibility index (Phi) is 6.90. The van der Waals surface area contributed by atoms with E-state index in [1.807, 2.05) is 0 Å². The summed E-state index contributed by atoms with van der Waals surface area (Å²) in [6.07, 6.45) is 0. The fraction of sp³-hybridized carbons (Fsp3) is 0. The molecule has 2 heteroatoms. The van der Waals surface area contributed by atoms with Crippen molar-refractivity contribution < 1.29 is 0 Å². The first-order chi connectivity index (χ1) is 26.8. The summed E-state index contributed by atoms with van der Waals surface area (Å²) in [5, 5.41) is 7.62. The van der Waals surface area contributed by atoms with Crippen LogP contribution < -0.4 is 4.90 Å². The summed E-state index contributed by atoms with van der Waals surface area (Å²) >= 11 is 0. The third kappa shape index (κ3) is 4.74. The molecular weight excluding hydrogens is 653 g/mol. The summed E-state index contributed by atoms with van der Waals surface area (Å²) in [7, 11) is 0. The van der Waals surface area contributed by atoms with Crippen LogP contribution in [0.1, 0.15) is 0 Å². The minimum absolute atomic E-state index is 1.11. The molecule has 0 saturated carbocycles. The number of fused-ring (bicyclic) bond motifs is 7. The number of hydrogen-bond acceptors (Lipinski definition) is 1. The Bertz CT molecular complexity index is 3040. The average molecular weight is 687 g/mol. The van der Waals surface area contributed by atoms with Crippen molar-refractivity contribution in [3.63, 3.8) is 0 Å². The van der Waals surface area contributed by atoms with E-state index in [9.17, 15) is 0 Å². The van der Waals surface area contributed by atoms with Crippen LogP contribution >= 0.6 is 0 Å². The molecule has 0 atom stereocenters. The van der Waals surface area contributed by atoms with Crippen molar-refractivity contribution in [1.29, 1.82) is 0 Å². The molecule has 9 aromatic carbocycles. The Balaban J connectivity index is 1.09. The Morgan fingerprint density at radius 1 is 0.296 bits per heavy atom. The SMILES string of the molecule is c1ccc(-c2ccc(N(c3ccc(-c4ccccc4)cc3)c3ccc(-c4ccc5c6cccc7c8ccccc8n(c5c4)c76)c4ccccc34)cc2)cc1. The molecule has 0 amide bonds. The lowest BCUT2D eigenvalue weighted by molar-refractivity contribution is 1.30. The molecule has 252 valence electrons. The van der Waals surface area contributed by atoms with Crippen LogP contribution in [0.5, 0.6) is 0 Å². The smallest absolute Gasteiger partial charge is 0.0620 e. The van der Waals surface area contributed by atoms with Crippen molar-refractivity contribution in [2.75, 3.05) is 4.90 Å². The van der Waals surface area contributed by atoms with E-state index in [0.29, 0.717) is 0 Å². The minimum Gasteiger partial charge on any atom is -0.310 e. The van der Waals surface area contributed by atoms with E-state index < -0.39 is 0 Å². The van der Waals surface area contributed by atoms with Gasteiger partial charge in [-0.3, -0.25) is 0 Å². The summed E-state index contributed by atoms with van der Waals surface area (Å²) in [4.78, 5) is 2.40. The largest absolute Gasteiger partial charge is 0.310 e. The van der Waals surface area contributed by atoms with E-state index in [2.05, 4.69) is 216 Å². The molecule has 0 spiro atoms. The molecule has 0 aliphatic heterocycles. The fourth-order valence-electron chi connectivity index (χ4n) is 8.62. The highest BCUT2D eigenvalue weighted by Crippen LogP contribution is 2.45. The highest BCUT2D eigenvalue weighted by Gasteiger charge is 2.20. The first kappa shape index (κ1) is 30.5. The molecule has 0 bridgehead atoms. The van der Waals surface area contributed by atoms with Gasteiger partial charge in [-0.2, -0.15) is 0 Å². The molecule has 2 nitrogen and oxygen atoms in total. The standard InChI is InChI=1S/C52H34N2/c1-3-12-35(13-4-1)37-22-27-40(28-23-37)53(41-29-24-38(25-30-41)36-14-5-2-6-15-36)50-33-32-42(43-16-7-8-17-44(43)50)39-26-31-46-48-20-11-19-47-45-18-9-10-21-49(45)54(52(47)48)51(46)34-39/h1-34H. The van der Waals surface area contributed by atoms with Gasteiger partial charge in [0.25, 0.3) is 0 Å². The molecular formula is C52H34N2. The van der Waals surface area contributed by atoms with Crippen molar-refractivity contribution in [3.8, 4) is 33.4 Å². The maximum absolute atomic E-state index is 2.47. The van der Waals surface area contributed by atoms with E-state index in [1.165, 1.54) is 82.2 Å². The van der Waals surface area contributed by atoms with Crippen molar-refractivity contribution in [1.82, 2.24) is 4.40 Å². The molecule has 0 saturated heterocycles. The molecule has 11 rings (SSSR count). The van der Waals surface area contributed by atoms with Gasteiger partial charge < -0.3 is 9.30 Å². The van der Waals surface area contributed by atoms with Crippen LogP contribution in [0.3, 0.4) is 0 Å². The normalized spacial score (nSPS) is 11.7. The van der Waals surface area contributed by atoms with Crippen molar-refractivity contribution in [2.24, 2.45) is 0 Å². The summed E-state index contributed by atoms with van der Waals surface area (Å²) in [5.74, 6) is 0. The number of rotatable bonds is 6. The van der Waals surface area contributed by atoms with Crippen LogP contribution in [0.2, 0.25) is 0 Å². The zero-order valence-corrected chi connectivity index (χ0v) is 29.5. The summed E-state index contributed by atoms with van der Waals surface area (Å²) < 4.78 is 2.47. The van der Waals surface area contributed by atoms with E-state index in [1.54, 1.807) is 0 Å². The summed E-state index contributed by atoms with van der Waals surface area (Å²) in [5.41, 5.74) is 14.4. The highest BCUT2D eigenvalue weighted by atomic mass is 15.1. The van der Waals surface area contributed by atoms with Crippen LogP contribution in [-0.4, -0.2) is 4.40 Å². The van der Waals surface area contributed by atoms with Crippen molar-refractivity contribution in [2.45, 2.75) is 0 Å². The van der Waals surface area contributed by atoms with Crippen LogP contribution in [0.15, 0.2) is 206 Å². The van der Waals surface area contributed by atoms with E-state index in [-0.39, 0.29) is 0 Å². The number of para-hydroxylation sites is 2. The maximum Gasteiger partial charge on any atom is 0.0620 e. The third-order valence-electron chi connectivity index (χ3n) is 11.1. The van der Waals surface area contributed by atoms with Gasteiger partial charge in [0.1, 0.15) is 0 Å². The lowest BCUT2D eigenvalue weighted by atomic mass is 9.95. The predicted octanol–water partition coefficient (Wildman–Crippen LogP) is 14.5.